The van der Waals surface area contributed by atoms with Crippen LogP contribution in [-0.2, 0) is 16.0 Å². The van der Waals surface area contributed by atoms with Gasteiger partial charge in [-0.15, -0.1) is 0 Å². The molecule has 208 valence electrons. The summed E-state index contributed by atoms with van der Waals surface area (Å²) in [6, 6.07) is 22.0. The number of carbonyl (C=O) groups excluding carboxylic acids is 2. The second kappa shape index (κ2) is 9.42. The standard InChI is InChI=1S/C37H48O2/c1-6-29(26-15-11-8-12-16-26)30(21-25-13-9-7-10-14-25)31(37-20-18-28(23-33(37)39)35(37,4)5)24-36-19-17-27(22-32(36)38)34(36,2)3/h7-16,27-31H,6,17-24H2,1-5H3/t27?,28?,29?,30?,31?,36-,37+/m1/s1. The van der Waals surface area contributed by atoms with Gasteiger partial charge < -0.3 is 0 Å². The zero-order valence-electron chi connectivity index (χ0n) is 24.8. The zero-order valence-corrected chi connectivity index (χ0v) is 24.8. The predicted molar refractivity (Wildman–Crippen MR) is 158 cm³/mol. The van der Waals surface area contributed by atoms with Gasteiger partial charge in [-0.05, 0) is 96.5 Å². The van der Waals surface area contributed by atoms with Gasteiger partial charge in [0.2, 0.25) is 0 Å². The van der Waals surface area contributed by atoms with Gasteiger partial charge in [0.15, 0.2) is 0 Å². The first kappa shape index (κ1) is 27.0. The van der Waals surface area contributed by atoms with Crippen molar-refractivity contribution >= 4 is 11.6 Å². The van der Waals surface area contributed by atoms with Crippen LogP contribution in [0.5, 0.6) is 0 Å². The van der Waals surface area contributed by atoms with Gasteiger partial charge in [-0.3, -0.25) is 9.59 Å². The first-order chi connectivity index (χ1) is 18.6. The van der Waals surface area contributed by atoms with E-state index in [1.807, 2.05) is 0 Å². The highest BCUT2D eigenvalue weighted by Gasteiger charge is 2.71. The molecule has 4 fully saturated rings. The minimum Gasteiger partial charge on any atom is -0.299 e. The summed E-state index contributed by atoms with van der Waals surface area (Å²) in [4.78, 5) is 28.3. The van der Waals surface area contributed by atoms with Crippen LogP contribution in [0.2, 0.25) is 0 Å². The lowest BCUT2D eigenvalue weighted by Gasteiger charge is -2.52. The van der Waals surface area contributed by atoms with Crippen molar-refractivity contribution in [3.8, 4) is 0 Å². The molecule has 0 aromatic heterocycles. The average Bonchev–Trinajstić information content (AvgIpc) is 3.47. The summed E-state index contributed by atoms with van der Waals surface area (Å²) in [5, 5.41) is 0. The largest absolute Gasteiger partial charge is 0.299 e. The summed E-state index contributed by atoms with van der Waals surface area (Å²) < 4.78 is 0. The second-order valence-corrected chi connectivity index (χ2v) is 14.8. The molecule has 0 amide bonds. The second-order valence-electron chi connectivity index (χ2n) is 14.8. The Morgan fingerprint density at radius 2 is 1.36 bits per heavy atom. The van der Waals surface area contributed by atoms with E-state index in [1.165, 1.54) is 11.1 Å². The van der Waals surface area contributed by atoms with Crippen LogP contribution < -0.4 is 0 Å². The van der Waals surface area contributed by atoms with Gasteiger partial charge in [-0.25, -0.2) is 0 Å². The maximum Gasteiger partial charge on any atom is 0.140 e. The van der Waals surface area contributed by atoms with Crippen molar-refractivity contribution in [2.45, 2.75) is 98.3 Å². The molecule has 4 saturated carbocycles. The highest BCUT2D eigenvalue weighted by molar-refractivity contribution is 5.91. The van der Waals surface area contributed by atoms with Gasteiger partial charge in [0.05, 0.1) is 0 Å². The van der Waals surface area contributed by atoms with Crippen molar-refractivity contribution in [2.24, 2.45) is 45.3 Å². The van der Waals surface area contributed by atoms with E-state index in [0.717, 1.165) is 57.8 Å². The molecule has 5 unspecified atom stereocenters. The van der Waals surface area contributed by atoms with E-state index >= 15 is 0 Å². The molecule has 39 heavy (non-hydrogen) atoms. The Balaban J connectivity index is 1.54. The third-order valence-electron chi connectivity index (χ3n) is 13.3. The molecule has 0 radical (unpaired) electrons. The van der Waals surface area contributed by atoms with Crippen molar-refractivity contribution < 1.29 is 9.59 Å². The van der Waals surface area contributed by atoms with Crippen molar-refractivity contribution in [1.29, 1.82) is 0 Å². The maximum atomic E-state index is 14.4. The molecule has 7 atom stereocenters. The van der Waals surface area contributed by atoms with E-state index < -0.39 is 0 Å². The molecule has 0 N–H and O–H groups in total. The van der Waals surface area contributed by atoms with Crippen LogP contribution in [0.25, 0.3) is 0 Å². The summed E-state index contributed by atoms with van der Waals surface area (Å²) >= 11 is 0. The van der Waals surface area contributed by atoms with Gasteiger partial charge in [0, 0.05) is 23.7 Å². The van der Waals surface area contributed by atoms with Gasteiger partial charge in [0.25, 0.3) is 0 Å². The van der Waals surface area contributed by atoms with Crippen LogP contribution >= 0.6 is 0 Å². The van der Waals surface area contributed by atoms with Gasteiger partial charge >= 0.3 is 0 Å². The van der Waals surface area contributed by atoms with E-state index in [1.54, 1.807) is 0 Å². The molecule has 2 nitrogen and oxygen atoms in total. The predicted octanol–water partition coefficient (Wildman–Crippen LogP) is 8.84. The summed E-state index contributed by atoms with van der Waals surface area (Å²) in [5.74, 6) is 2.81. The number of hydrogen-bond acceptors (Lipinski definition) is 2. The molecule has 0 saturated heterocycles. The molecular formula is C37H48O2. The molecule has 2 heteroatoms. The summed E-state index contributed by atoms with van der Waals surface area (Å²) in [6.45, 7) is 11.9. The number of hydrogen-bond donors (Lipinski definition) is 0. The van der Waals surface area contributed by atoms with Crippen LogP contribution in [0.3, 0.4) is 0 Å². The van der Waals surface area contributed by atoms with Crippen molar-refractivity contribution in [3.05, 3.63) is 71.8 Å². The Morgan fingerprint density at radius 3 is 1.87 bits per heavy atom. The Bertz CT molecular complexity index is 1230. The number of benzene rings is 2. The van der Waals surface area contributed by atoms with Gasteiger partial charge in [0.1, 0.15) is 11.6 Å². The van der Waals surface area contributed by atoms with Crippen LogP contribution in [0.4, 0.5) is 0 Å². The molecule has 0 heterocycles. The van der Waals surface area contributed by atoms with Crippen LogP contribution in [0.15, 0.2) is 60.7 Å². The molecule has 4 bridgehead atoms. The van der Waals surface area contributed by atoms with E-state index in [2.05, 4.69) is 95.3 Å². The smallest absolute Gasteiger partial charge is 0.140 e. The minimum atomic E-state index is -0.342. The Labute approximate surface area is 236 Å². The molecule has 0 spiro atoms. The van der Waals surface area contributed by atoms with E-state index in [4.69, 9.17) is 0 Å². The highest BCUT2D eigenvalue weighted by atomic mass is 16.1. The number of carbonyl (C=O) groups is 2. The Morgan fingerprint density at radius 1 is 0.769 bits per heavy atom. The first-order valence-electron chi connectivity index (χ1n) is 15.7. The Kier molecular flexibility index (Phi) is 6.52. The SMILES string of the molecule is CCC(c1ccccc1)C(Cc1ccccc1)C(C[C@]12CCC(CC1=O)C2(C)C)[C@@]12CCC(CC1=O)C2(C)C. The van der Waals surface area contributed by atoms with Crippen LogP contribution in [0.1, 0.15) is 103 Å². The number of fused-ring (bicyclic) bond motifs is 4. The summed E-state index contributed by atoms with van der Waals surface area (Å²) in [5.41, 5.74) is 2.09. The third-order valence-corrected chi connectivity index (χ3v) is 13.3. The monoisotopic (exact) mass is 524 g/mol. The zero-order chi connectivity index (χ0) is 27.6. The molecule has 6 rings (SSSR count). The number of Topliss-reactive ketones (excluding diaryl/α,β-unsaturated/α-hetero) is 2. The van der Waals surface area contributed by atoms with Crippen molar-refractivity contribution in [3.63, 3.8) is 0 Å². The summed E-state index contributed by atoms with van der Waals surface area (Å²) in [6.07, 6.45) is 8.69. The lowest BCUT2D eigenvalue weighted by Crippen LogP contribution is -2.51. The van der Waals surface area contributed by atoms with Crippen molar-refractivity contribution in [1.82, 2.24) is 0 Å². The summed E-state index contributed by atoms with van der Waals surface area (Å²) in [7, 11) is 0. The topological polar surface area (TPSA) is 34.1 Å². The van der Waals surface area contributed by atoms with E-state index in [9.17, 15) is 9.59 Å². The molecule has 2 aromatic rings. The fraction of sp³-hybridized carbons (Fsp3) is 0.622. The van der Waals surface area contributed by atoms with Gasteiger partial charge in [-0.1, -0.05) is 95.3 Å². The quantitative estimate of drug-likeness (QED) is 0.328. The normalized spacial score (nSPS) is 34.4. The minimum absolute atomic E-state index is 0.00846. The first-order valence-corrected chi connectivity index (χ1v) is 15.7. The van der Waals surface area contributed by atoms with E-state index in [-0.39, 0.29) is 27.6 Å². The van der Waals surface area contributed by atoms with Crippen LogP contribution in [-0.4, -0.2) is 11.6 Å². The lowest BCUT2D eigenvalue weighted by molar-refractivity contribution is -0.143. The van der Waals surface area contributed by atoms with Gasteiger partial charge in [-0.2, -0.15) is 0 Å². The number of ketones is 2. The fourth-order valence-electron chi connectivity index (χ4n) is 10.8. The highest BCUT2D eigenvalue weighted by Crippen LogP contribution is 2.73. The lowest BCUT2D eigenvalue weighted by atomic mass is 9.50. The Hall–Kier alpha value is -2.22. The fourth-order valence-corrected chi connectivity index (χ4v) is 10.8. The molecule has 4 aliphatic rings. The molecular weight excluding hydrogens is 476 g/mol. The third kappa shape index (κ3) is 3.72. The van der Waals surface area contributed by atoms with Crippen molar-refractivity contribution in [2.75, 3.05) is 0 Å². The number of rotatable bonds is 9. The maximum absolute atomic E-state index is 14.4. The molecule has 0 aliphatic heterocycles. The molecule has 4 aliphatic carbocycles. The van der Waals surface area contributed by atoms with E-state index in [0.29, 0.717) is 35.2 Å². The molecule has 2 aromatic carbocycles. The van der Waals surface area contributed by atoms with Crippen LogP contribution in [0, 0.1) is 45.3 Å². The average molecular weight is 525 g/mol.